The average Bonchev–Trinajstić information content (AvgIpc) is 2.41. The van der Waals surface area contributed by atoms with Crippen LogP contribution in [0.1, 0.15) is 15.9 Å². The van der Waals surface area contributed by atoms with Gasteiger partial charge in [-0.3, -0.25) is 4.79 Å². The van der Waals surface area contributed by atoms with E-state index in [-0.39, 0.29) is 5.91 Å². The number of rotatable bonds is 3. The van der Waals surface area contributed by atoms with E-state index in [9.17, 15) is 4.79 Å². The molecular weight excluding hydrogens is 393 g/mol. The van der Waals surface area contributed by atoms with E-state index in [4.69, 9.17) is 11.6 Å². The molecule has 0 saturated heterocycles. The summed E-state index contributed by atoms with van der Waals surface area (Å²) >= 11 is 12.6. The van der Waals surface area contributed by atoms with Gasteiger partial charge in [0.05, 0.1) is 5.02 Å². The third-order valence-electron chi connectivity index (χ3n) is 2.55. The first-order valence-corrected chi connectivity index (χ1v) is 7.50. The van der Waals surface area contributed by atoms with Crippen molar-refractivity contribution in [1.82, 2.24) is 5.32 Å². The fourth-order valence-electron chi connectivity index (χ4n) is 1.52. The summed E-state index contributed by atoms with van der Waals surface area (Å²) in [7, 11) is 0. The SMILES string of the molecule is O=C(NCc1ccc(Br)cc1)c1ccc(Cl)c(Br)c1. The van der Waals surface area contributed by atoms with E-state index in [1.54, 1.807) is 18.2 Å². The number of benzene rings is 2. The number of hydrogen-bond acceptors (Lipinski definition) is 1. The largest absolute Gasteiger partial charge is 0.348 e. The van der Waals surface area contributed by atoms with E-state index in [2.05, 4.69) is 37.2 Å². The summed E-state index contributed by atoms with van der Waals surface area (Å²) in [4.78, 5) is 12.0. The van der Waals surface area contributed by atoms with E-state index in [0.717, 1.165) is 10.0 Å². The smallest absolute Gasteiger partial charge is 0.251 e. The monoisotopic (exact) mass is 401 g/mol. The Balaban J connectivity index is 2.01. The van der Waals surface area contributed by atoms with Crippen LogP contribution in [0.25, 0.3) is 0 Å². The zero-order chi connectivity index (χ0) is 13.8. The van der Waals surface area contributed by atoms with E-state index >= 15 is 0 Å². The van der Waals surface area contributed by atoms with Crippen LogP contribution in [0.4, 0.5) is 0 Å². The summed E-state index contributed by atoms with van der Waals surface area (Å²) in [5.41, 5.74) is 1.62. The fraction of sp³-hybridized carbons (Fsp3) is 0.0714. The summed E-state index contributed by atoms with van der Waals surface area (Å²) in [6.45, 7) is 0.492. The number of hydrogen-bond donors (Lipinski definition) is 1. The van der Waals surface area contributed by atoms with Gasteiger partial charge in [0.25, 0.3) is 5.91 Å². The number of amides is 1. The van der Waals surface area contributed by atoms with Crippen LogP contribution in [0.2, 0.25) is 5.02 Å². The molecule has 0 aliphatic heterocycles. The Morgan fingerprint density at radius 2 is 1.79 bits per heavy atom. The topological polar surface area (TPSA) is 29.1 Å². The minimum absolute atomic E-state index is 0.125. The first-order valence-electron chi connectivity index (χ1n) is 5.54. The highest BCUT2D eigenvalue weighted by molar-refractivity contribution is 9.10. The van der Waals surface area contributed by atoms with Crippen molar-refractivity contribution < 1.29 is 4.79 Å². The summed E-state index contributed by atoms with van der Waals surface area (Å²) in [6, 6.07) is 12.9. The van der Waals surface area contributed by atoms with Crippen molar-refractivity contribution in [3.8, 4) is 0 Å². The molecule has 1 N–H and O–H groups in total. The fourth-order valence-corrected chi connectivity index (χ4v) is 2.28. The molecule has 0 bridgehead atoms. The van der Waals surface area contributed by atoms with Crippen LogP contribution in [-0.2, 0) is 6.54 Å². The quantitative estimate of drug-likeness (QED) is 0.784. The minimum Gasteiger partial charge on any atom is -0.348 e. The Morgan fingerprint density at radius 1 is 1.11 bits per heavy atom. The molecule has 0 aliphatic carbocycles. The molecule has 5 heteroatoms. The number of carbonyl (C=O) groups excluding carboxylic acids is 1. The van der Waals surface area contributed by atoms with Crippen molar-refractivity contribution in [3.05, 3.63) is 67.6 Å². The van der Waals surface area contributed by atoms with Crippen LogP contribution in [0.5, 0.6) is 0 Å². The van der Waals surface area contributed by atoms with Crippen molar-refractivity contribution >= 4 is 49.4 Å². The van der Waals surface area contributed by atoms with Crippen molar-refractivity contribution in [3.63, 3.8) is 0 Å². The molecular formula is C14H10Br2ClNO. The third kappa shape index (κ3) is 4.06. The summed E-state index contributed by atoms with van der Waals surface area (Å²) in [6.07, 6.45) is 0. The Hall–Kier alpha value is -0.840. The molecule has 2 rings (SSSR count). The molecule has 2 aromatic carbocycles. The second-order valence-electron chi connectivity index (χ2n) is 3.94. The molecule has 0 aliphatic rings. The number of carbonyl (C=O) groups is 1. The molecule has 2 aromatic rings. The van der Waals surface area contributed by atoms with Crippen LogP contribution >= 0.6 is 43.5 Å². The van der Waals surface area contributed by atoms with Gasteiger partial charge in [-0.2, -0.15) is 0 Å². The van der Waals surface area contributed by atoms with E-state index in [0.29, 0.717) is 21.6 Å². The molecule has 98 valence electrons. The van der Waals surface area contributed by atoms with Gasteiger partial charge >= 0.3 is 0 Å². The first-order chi connectivity index (χ1) is 9.06. The normalized spacial score (nSPS) is 10.3. The van der Waals surface area contributed by atoms with E-state index < -0.39 is 0 Å². The Bertz CT molecular complexity index is 599. The van der Waals surface area contributed by atoms with Crippen LogP contribution in [-0.4, -0.2) is 5.91 Å². The zero-order valence-corrected chi connectivity index (χ0v) is 13.7. The van der Waals surface area contributed by atoms with Gasteiger partial charge < -0.3 is 5.32 Å². The number of nitrogens with one attached hydrogen (secondary N) is 1. The first kappa shape index (κ1) is 14.6. The molecule has 1 amide bonds. The van der Waals surface area contributed by atoms with Gasteiger partial charge in [0, 0.05) is 21.1 Å². The van der Waals surface area contributed by atoms with Crippen molar-refractivity contribution in [2.75, 3.05) is 0 Å². The molecule has 0 saturated carbocycles. The van der Waals surface area contributed by atoms with Gasteiger partial charge in [0.1, 0.15) is 0 Å². The Labute approximate surface area is 133 Å². The maximum absolute atomic E-state index is 12.0. The molecule has 0 atom stereocenters. The van der Waals surface area contributed by atoms with E-state index in [1.165, 1.54) is 0 Å². The van der Waals surface area contributed by atoms with Gasteiger partial charge in [0.15, 0.2) is 0 Å². The Kier molecular flexibility index (Phi) is 5.02. The zero-order valence-electron chi connectivity index (χ0n) is 9.79. The molecule has 0 aromatic heterocycles. The van der Waals surface area contributed by atoms with Gasteiger partial charge in [-0.15, -0.1) is 0 Å². The lowest BCUT2D eigenvalue weighted by Crippen LogP contribution is -2.22. The summed E-state index contributed by atoms with van der Waals surface area (Å²) in [5, 5.41) is 3.45. The molecule has 0 spiro atoms. The van der Waals surface area contributed by atoms with Gasteiger partial charge in [-0.25, -0.2) is 0 Å². The van der Waals surface area contributed by atoms with Gasteiger partial charge in [-0.05, 0) is 51.8 Å². The molecule has 0 radical (unpaired) electrons. The molecule has 19 heavy (non-hydrogen) atoms. The minimum atomic E-state index is -0.125. The third-order valence-corrected chi connectivity index (χ3v) is 4.29. The van der Waals surface area contributed by atoms with Crippen LogP contribution in [0.3, 0.4) is 0 Å². The highest BCUT2D eigenvalue weighted by Gasteiger charge is 2.07. The molecule has 2 nitrogen and oxygen atoms in total. The highest BCUT2D eigenvalue weighted by atomic mass is 79.9. The lowest BCUT2D eigenvalue weighted by molar-refractivity contribution is 0.0951. The van der Waals surface area contributed by atoms with Crippen molar-refractivity contribution in [2.45, 2.75) is 6.54 Å². The number of halogens is 3. The van der Waals surface area contributed by atoms with Gasteiger partial charge in [-0.1, -0.05) is 39.7 Å². The van der Waals surface area contributed by atoms with Crippen LogP contribution in [0.15, 0.2) is 51.4 Å². The second kappa shape index (κ2) is 6.55. The maximum Gasteiger partial charge on any atom is 0.251 e. The summed E-state index contributed by atoms with van der Waals surface area (Å²) < 4.78 is 1.73. The Morgan fingerprint density at radius 3 is 2.42 bits per heavy atom. The molecule has 0 fully saturated rings. The molecule has 0 unspecified atom stereocenters. The maximum atomic E-state index is 12.0. The lowest BCUT2D eigenvalue weighted by Gasteiger charge is -2.06. The van der Waals surface area contributed by atoms with Crippen LogP contribution in [0, 0.1) is 0 Å². The predicted octanol–water partition coefficient (Wildman–Crippen LogP) is 4.80. The highest BCUT2D eigenvalue weighted by Crippen LogP contribution is 2.23. The predicted molar refractivity (Wildman–Crippen MR) is 84.5 cm³/mol. The molecule has 0 heterocycles. The standard InChI is InChI=1S/C14H10Br2ClNO/c15-11-4-1-9(2-5-11)8-18-14(19)10-3-6-13(17)12(16)7-10/h1-7H,8H2,(H,18,19). The average molecular weight is 404 g/mol. The second-order valence-corrected chi connectivity index (χ2v) is 6.12. The van der Waals surface area contributed by atoms with Gasteiger partial charge in [0.2, 0.25) is 0 Å². The lowest BCUT2D eigenvalue weighted by atomic mass is 10.2. The van der Waals surface area contributed by atoms with Crippen molar-refractivity contribution in [1.29, 1.82) is 0 Å². The summed E-state index contributed by atoms with van der Waals surface area (Å²) in [5.74, 6) is -0.125. The van der Waals surface area contributed by atoms with Crippen LogP contribution < -0.4 is 5.32 Å². The van der Waals surface area contributed by atoms with E-state index in [1.807, 2.05) is 24.3 Å². The van der Waals surface area contributed by atoms with Crippen molar-refractivity contribution in [2.24, 2.45) is 0 Å².